The summed E-state index contributed by atoms with van der Waals surface area (Å²) in [6, 6.07) is 1.25. The number of hydrogen-bond acceptors (Lipinski definition) is 1. The Labute approximate surface area is 56.7 Å². The maximum Gasteiger partial charge on any atom is 0.212 e. The van der Waals surface area contributed by atoms with Crippen molar-refractivity contribution in [1.29, 1.82) is 0 Å². The van der Waals surface area contributed by atoms with E-state index in [9.17, 15) is 4.79 Å². The van der Waals surface area contributed by atoms with Gasteiger partial charge in [0.25, 0.3) is 0 Å². The third-order valence-electron chi connectivity index (χ3n) is 1.68. The Balaban J connectivity index is 2.51. The van der Waals surface area contributed by atoms with Crippen molar-refractivity contribution in [2.45, 2.75) is 32.0 Å². The van der Waals surface area contributed by atoms with E-state index >= 15 is 0 Å². The summed E-state index contributed by atoms with van der Waals surface area (Å²) < 4.78 is 0. The Hall–Kier alpha value is -0.313. The highest BCUT2D eigenvalue weighted by Crippen LogP contribution is 2.15. The summed E-state index contributed by atoms with van der Waals surface area (Å²) in [6.07, 6.45) is 1.85. The first kappa shape index (κ1) is 6.80. The molecule has 0 radical (unpaired) electrons. The molecule has 0 aromatic carbocycles. The van der Waals surface area contributed by atoms with Crippen LogP contribution in [0.3, 0.4) is 0 Å². The summed E-state index contributed by atoms with van der Waals surface area (Å²) >= 11 is 0. The topological polar surface area (TPSA) is 29.1 Å². The monoisotopic (exact) mass is 143 g/mol. The minimum atomic E-state index is -1.25. The molecule has 2 nitrogen and oxygen atoms in total. The van der Waals surface area contributed by atoms with E-state index in [0.717, 1.165) is 12.8 Å². The maximum atomic E-state index is 10.8. The molecule has 1 saturated heterocycles. The molecule has 0 bridgehead atoms. The van der Waals surface area contributed by atoms with Crippen LogP contribution in [0.5, 0.6) is 0 Å². The van der Waals surface area contributed by atoms with E-state index in [1.54, 1.807) is 0 Å². The molecule has 1 aliphatic heterocycles. The zero-order valence-corrected chi connectivity index (χ0v) is 7.03. The number of amides is 1. The largest absolute Gasteiger partial charge is 0.382 e. The molecule has 1 amide bonds. The molecule has 0 aliphatic carbocycles. The molecule has 1 aliphatic rings. The number of rotatable bonds is 0. The zero-order valence-electron chi connectivity index (χ0n) is 6.03. The Bertz CT molecular complexity index is 133. The fourth-order valence-electron chi connectivity index (χ4n) is 1.19. The number of carbonyl (C=O) groups is 1. The molecule has 1 N–H and O–H groups in total. The second kappa shape index (κ2) is 2.14. The van der Waals surface area contributed by atoms with Gasteiger partial charge in [-0.3, -0.25) is 4.79 Å². The molecular formula is C6H13NOSi. The average molecular weight is 143 g/mol. The Morgan fingerprint density at radius 2 is 2.22 bits per heavy atom. The highest BCUT2D eigenvalue weighted by Gasteiger charge is 2.27. The van der Waals surface area contributed by atoms with Gasteiger partial charge in [0.15, 0.2) is 8.24 Å². The van der Waals surface area contributed by atoms with E-state index in [1.165, 1.54) is 6.04 Å². The molecule has 0 aromatic rings. The van der Waals surface area contributed by atoms with Crippen LogP contribution in [0.1, 0.15) is 12.8 Å². The minimum Gasteiger partial charge on any atom is -0.382 e. The third-order valence-corrected chi connectivity index (χ3v) is 4.24. The van der Waals surface area contributed by atoms with E-state index in [1.807, 2.05) is 0 Å². The Kier molecular flexibility index (Phi) is 1.61. The molecule has 0 saturated carbocycles. The molecule has 0 atom stereocenters. The normalized spacial score (nSPS) is 25.3. The molecule has 3 heteroatoms. The van der Waals surface area contributed by atoms with Crippen LogP contribution in [0.2, 0.25) is 19.1 Å². The SMILES string of the molecule is C[Si]1(C)CCCC(=O)N1. The van der Waals surface area contributed by atoms with Gasteiger partial charge < -0.3 is 4.98 Å². The highest BCUT2D eigenvalue weighted by atomic mass is 28.3. The Morgan fingerprint density at radius 3 is 2.56 bits per heavy atom. The van der Waals surface area contributed by atoms with Gasteiger partial charge in [-0.2, -0.15) is 0 Å². The van der Waals surface area contributed by atoms with Crippen molar-refractivity contribution >= 4 is 14.1 Å². The van der Waals surface area contributed by atoms with Gasteiger partial charge in [0.2, 0.25) is 5.91 Å². The molecule has 0 unspecified atom stereocenters. The van der Waals surface area contributed by atoms with Gasteiger partial charge in [-0.05, 0) is 12.5 Å². The van der Waals surface area contributed by atoms with E-state index in [2.05, 4.69) is 18.1 Å². The van der Waals surface area contributed by atoms with Gasteiger partial charge in [-0.1, -0.05) is 13.1 Å². The van der Waals surface area contributed by atoms with Crippen LogP contribution in [0.4, 0.5) is 0 Å². The lowest BCUT2D eigenvalue weighted by Crippen LogP contribution is -2.50. The van der Waals surface area contributed by atoms with Gasteiger partial charge >= 0.3 is 0 Å². The van der Waals surface area contributed by atoms with Crippen molar-refractivity contribution in [3.05, 3.63) is 0 Å². The lowest BCUT2D eigenvalue weighted by atomic mass is 10.3. The number of nitrogens with one attached hydrogen (secondary N) is 1. The molecule has 9 heavy (non-hydrogen) atoms. The van der Waals surface area contributed by atoms with Crippen molar-refractivity contribution < 1.29 is 4.79 Å². The smallest absolute Gasteiger partial charge is 0.212 e. The molecule has 1 rings (SSSR count). The molecule has 1 fully saturated rings. The van der Waals surface area contributed by atoms with Crippen LogP contribution < -0.4 is 4.98 Å². The molecule has 0 aromatic heterocycles. The summed E-state index contributed by atoms with van der Waals surface area (Å²) in [5, 5.41) is 0. The van der Waals surface area contributed by atoms with E-state index < -0.39 is 8.24 Å². The van der Waals surface area contributed by atoms with Crippen LogP contribution in [0.25, 0.3) is 0 Å². The standard InChI is InChI=1S/C6H13NOSi/c1-9(2)5-3-4-6(8)7-9/h3-5H2,1-2H3,(H,7,8). The van der Waals surface area contributed by atoms with E-state index in [-0.39, 0.29) is 5.91 Å². The van der Waals surface area contributed by atoms with Crippen LogP contribution in [-0.2, 0) is 4.79 Å². The minimum absolute atomic E-state index is 0.262. The Morgan fingerprint density at radius 1 is 1.56 bits per heavy atom. The summed E-state index contributed by atoms with van der Waals surface area (Å²) in [7, 11) is -1.25. The van der Waals surface area contributed by atoms with Crippen LogP contribution in [0, 0.1) is 0 Å². The first-order valence-electron chi connectivity index (χ1n) is 3.41. The van der Waals surface area contributed by atoms with Crippen LogP contribution in [-0.4, -0.2) is 14.1 Å². The van der Waals surface area contributed by atoms with Gasteiger partial charge in [-0.25, -0.2) is 0 Å². The van der Waals surface area contributed by atoms with Crippen molar-refractivity contribution in [1.82, 2.24) is 4.98 Å². The average Bonchev–Trinajstić information content (AvgIpc) is 1.60. The van der Waals surface area contributed by atoms with E-state index in [4.69, 9.17) is 0 Å². The van der Waals surface area contributed by atoms with Crippen molar-refractivity contribution in [2.24, 2.45) is 0 Å². The highest BCUT2D eigenvalue weighted by molar-refractivity contribution is 6.77. The molecular weight excluding hydrogens is 130 g/mol. The summed E-state index contributed by atoms with van der Waals surface area (Å²) in [6.45, 7) is 4.40. The van der Waals surface area contributed by atoms with Gasteiger partial charge in [0.05, 0.1) is 0 Å². The van der Waals surface area contributed by atoms with Crippen molar-refractivity contribution in [3.8, 4) is 0 Å². The molecule has 0 spiro atoms. The fourth-order valence-corrected chi connectivity index (χ4v) is 3.26. The summed E-state index contributed by atoms with van der Waals surface area (Å²) in [5.74, 6) is 0.262. The number of carbonyl (C=O) groups excluding carboxylic acids is 1. The second-order valence-electron chi connectivity index (χ2n) is 3.29. The summed E-state index contributed by atoms with van der Waals surface area (Å²) in [5.41, 5.74) is 0. The quantitative estimate of drug-likeness (QED) is 0.505. The van der Waals surface area contributed by atoms with Crippen molar-refractivity contribution in [3.63, 3.8) is 0 Å². The van der Waals surface area contributed by atoms with E-state index in [0.29, 0.717) is 0 Å². The predicted octanol–water partition coefficient (Wildman–Crippen LogP) is 1.10. The first-order chi connectivity index (χ1) is 4.10. The van der Waals surface area contributed by atoms with Gasteiger partial charge in [0.1, 0.15) is 0 Å². The molecule has 52 valence electrons. The van der Waals surface area contributed by atoms with Crippen molar-refractivity contribution in [2.75, 3.05) is 0 Å². The second-order valence-corrected chi connectivity index (χ2v) is 7.80. The maximum absolute atomic E-state index is 10.8. The summed E-state index contributed by atoms with van der Waals surface area (Å²) in [4.78, 5) is 13.9. The van der Waals surface area contributed by atoms with Gasteiger partial charge in [0, 0.05) is 6.42 Å². The first-order valence-corrected chi connectivity index (χ1v) is 6.62. The fraction of sp³-hybridized carbons (Fsp3) is 0.833. The third kappa shape index (κ3) is 1.82. The van der Waals surface area contributed by atoms with Crippen LogP contribution >= 0.6 is 0 Å². The lowest BCUT2D eigenvalue weighted by Gasteiger charge is -2.27. The van der Waals surface area contributed by atoms with Gasteiger partial charge in [-0.15, -0.1) is 0 Å². The zero-order chi connectivity index (χ0) is 6.91. The molecule has 1 heterocycles. The lowest BCUT2D eigenvalue weighted by molar-refractivity contribution is -0.120. The number of hydrogen-bond donors (Lipinski definition) is 1. The van der Waals surface area contributed by atoms with Crippen LogP contribution in [0.15, 0.2) is 0 Å². The predicted molar refractivity (Wildman–Crippen MR) is 39.7 cm³/mol.